The van der Waals surface area contributed by atoms with E-state index in [1.165, 1.54) is 6.07 Å². The molecule has 0 radical (unpaired) electrons. The summed E-state index contributed by atoms with van der Waals surface area (Å²) in [7, 11) is 0. The molecule has 0 aliphatic carbocycles. The summed E-state index contributed by atoms with van der Waals surface area (Å²) < 4.78 is 13.6. The van der Waals surface area contributed by atoms with Crippen molar-refractivity contribution in [1.29, 1.82) is 0 Å². The van der Waals surface area contributed by atoms with Gasteiger partial charge in [-0.2, -0.15) is 0 Å². The van der Waals surface area contributed by atoms with Crippen LogP contribution in [-0.4, -0.2) is 5.11 Å². The fourth-order valence-corrected chi connectivity index (χ4v) is 1.68. The third-order valence-corrected chi connectivity index (χ3v) is 2.80. The van der Waals surface area contributed by atoms with E-state index < -0.39 is 11.9 Å². The molecule has 16 heavy (non-hydrogen) atoms. The summed E-state index contributed by atoms with van der Waals surface area (Å²) >= 11 is 5.66. The minimum atomic E-state index is -0.780. The van der Waals surface area contributed by atoms with Crippen LogP contribution in [0.5, 0.6) is 0 Å². The highest BCUT2D eigenvalue weighted by Crippen LogP contribution is 2.30. The van der Waals surface area contributed by atoms with E-state index in [2.05, 4.69) is 20.8 Å². The lowest BCUT2D eigenvalue weighted by Crippen LogP contribution is -2.09. The molecule has 0 bridgehead atoms. The SMILES string of the molecule is CC(C)(C)CCC(O)c1cccc(Cl)c1F. The summed E-state index contributed by atoms with van der Waals surface area (Å²) in [5.74, 6) is -0.509. The fourth-order valence-electron chi connectivity index (χ4n) is 1.50. The number of aliphatic hydroxyl groups excluding tert-OH is 1. The van der Waals surface area contributed by atoms with Gasteiger partial charge in [-0.1, -0.05) is 44.5 Å². The lowest BCUT2D eigenvalue weighted by Gasteiger charge is -2.20. The van der Waals surface area contributed by atoms with Crippen LogP contribution in [0.1, 0.15) is 45.3 Å². The number of aliphatic hydroxyl groups is 1. The van der Waals surface area contributed by atoms with Crippen LogP contribution in [0, 0.1) is 11.2 Å². The van der Waals surface area contributed by atoms with Crippen molar-refractivity contribution in [3.63, 3.8) is 0 Å². The molecule has 0 aliphatic rings. The van der Waals surface area contributed by atoms with Gasteiger partial charge in [-0.15, -0.1) is 0 Å². The molecule has 1 aromatic carbocycles. The lowest BCUT2D eigenvalue weighted by molar-refractivity contribution is 0.143. The molecule has 0 fully saturated rings. The van der Waals surface area contributed by atoms with Crippen LogP contribution < -0.4 is 0 Å². The van der Waals surface area contributed by atoms with Gasteiger partial charge in [0.15, 0.2) is 0 Å². The van der Waals surface area contributed by atoms with E-state index in [0.29, 0.717) is 6.42 Å². The van der Waals surface area contributed by atoms with Gasteiger partial charge in [0.25, 0.3) is 0 Å². The Bertz CT molecular complexity index is 357. The molecule has 1 unspecified atom stereocenters. The molecule has 1 nitrogen and oxygen atoms in total. The number of hydrogen-bond donors (Lipinski definition) is 1. The van der Waals surface area contributed by atoms with Gasteiger partial charge >= 0.3 is 0 Å². The highest BCUT2D eigenvalue weighted by atomic mass is 35.5. The van der Waals surface area contributed by atoms with Gasteiger partial charge in [-0.05, 0) is 24.3 Å². The summed E-state index contributed by atoms with van der Waals surface area (Å²) in [6.45, 7) is 6.27. The Hall–Kier alpha value is -0.600. The first-order chi connectivity index (χ1) is 7.31. The summed E-state index contributed by atoms with van der Waals surface area (Å²) in [6.07, 6.45) is 0.596. The molecule has 1 aromatic rings. The summed E-state index contributed by atoms with van der Waals surface area (Å²) in [6, 6.07) is 4.71. The second kappa shape index (κ2) is 5.15. The topological polar surface area (TPSA) is 20.2 Å². The number of halogens is 2. The van der Waals surface area contributed by atoms with Crippen molar-refractivity contribution in [2.45, 2.75) is 39.7 Å². The second-order valence-electron chi connectivity index (χ2n) is 5.26. The summed E-state index contributed by atoms with van der Waals surface area (Å²) in [4.78, 5) is 0. The zero-order chi connectivity index (χ0) is 12.3. The molecule has 0 saturated carbocycles. The van der Waals surface area contributed by atoms with E-state index in [-0.39, 0.29) is 16.0 Å². The zero-order valence-electron chi connectivity index (χ0n) is 9.93. The Morgan fingerprint density at radius 1 is 1.38 bits per heavy atom. The van der Waals surface area contributed by atoms with Crippen molar-refractivity contribution in [2.24, 2.45) is 5.41 Å². The first-order valence-electron chi connectivity index (χ1n) is 5.43. The van der Waals surface area contributed by atoms with Gasteiger partial charge < -0.3 is 5.11 Å². The Labute approximate surface area is 101 Å². The molecule has 0 saturated heterocycles. The first-order valence-corrected chi connectivity index (χ1v) is 5.81. The second-order valence-corrected chi connectivity index (χ2v) is 5.67. The summed E-state index contributed by atoms with van der Waals surface area (Å²) in [5.41, 5.74) is 0.424. The molecule has 0 amide bonds. The monoisotopic (exact) mass is 244 g/mol. The molecule has 0 aliphatic heterocycles. The van der Waals surface area contributed by atoms with Crippen LogP contribution in [0.3, 0.4) is 0 Å². The molecule has 90 valence electrons. The molecular weight excluding hydrogens is 227 g/mol. The zero-order valence-corrected chi connectivity index (χ0v) is 10.7. The minimum absolute atomic E-state index is 0.0623. The van der Waals surface area contributed by atoms with Crippen molar-refractivity contribution in [2.75, 3.05) is 0 Å². The number of rotatable bonds is 3. The van der Waals surface area contributed by atoms with Crippen molar-refractivity contribution >= 4 is 11.6 Å². The third-order valence-electron chi connectivity index (χ3n) is 2.51. The maximum atomic E-state index is 13.6. The van der Waals surface area contributed by atoms with E-state index in [1.54, 1.807) is 12.1 Å². The van der Waals surface area contributed by atoms with Crippen LogP contribution in [0.4, 0.5) is 4.39 Å². The molecule has 0 spiro atoms. The van der Waals surface area contributed by atoms with E-state index in [4.69, 9.17) is 11.6 Å². The van der Waals surface area contributed by atoms with Crippen LogP contribution in [-0.2, 0) is 0 Å². The lowest BCUT2D eigenvalue weighted by atomic mass is 9.88. The van der Waals surface area contributed by atoms with Crippen molar-refractivity contribution in [3.05, 3.63) is 34.6 Å². The predicted octanol–water partition coefficient (Wildman–Crippen LogP) is 4.34. The van der Waals surface area contributed by atoms with Gasteiger partial charge in [-0.3, -0.25) is 0 Å². The third kappa shape index (κ3) is 3.76. The van der Waals surface area contributed by atoms with E-state index >= 15 is 0 Å². The van der Waals surface area contributed by atoms with Crippen LogP contribution in [0.2, 0.25) is 5.02 Å². The highest BCUT2D eigenvalue weighted by molar-refractivity contribution is 6.30. The van der Waals surface area contributed by atoms with Gasteiger partial charge in [0.1, 0.15) is 5.82 Å². The standard InChI is InChI=1S/C13H18ClFO/c1-13(2,3)8-7-11(16)9-5-4-6-10(14)12(9)15/h4-6,11,16H,7-8H2,1-3H3. The Morgan fingerprint density at radius 3 is 2.56 bits per heavy atom. The molecule has 3 heteroatoms. The van der Waals surface area contributed by atoms with E-state index in [0.717, 1.165) is 6.42 Å². The van der Waals surface area contributed by atoms with Gasteiger partial charge in [-0.25, -0.2) is 4.39 Å². The molecule has 0 heterocycles. The molecule has 0 aromatic heterocycles. The maximum absolute atomic E-state index is 13.6. The molecular formula is C13H18ClFO. The van der Waals surface area contributed by atoms with Gasteiger partial charge in [0, 0.05) is 5.56 Å². The highest BCUT2D eigenvalue weighted by Gasteiger charge is 2.18. The Kier molecular flexibility index (Phi) is 4.34. The average molecular weight is 245 g/mol. The Balaban J connectivity index is 2.73. The quantitative estimate of drug-likeness (QED) is 0.839. The van der Waals surface area contributed by atoms with Gasteiger partial charge in [0.05, 0.1) is 11.1 Å². The van der Waals surface area contributed by atoms with Crippen molar-refractivity contribution < 1.29 is 9.50 Å². The smallest absolute Gasteiger partial charge is 0.147 e. The Morgan fingerprint density at radius 2 is 2.00 bits per heavy atom. The van der Waals surface area contributed by atoms with E-state index in [9.17, 15) is 9.50 Å². The van der Waals surface area contributed by atoms with Crippen molar-refractivity contribution in [1.82, 2.24) is 0 Å². The minimum Gasteiger partial charge on any atom is -0.388 e. The van der Waals surface area contributed by atoms with E-state index in [1.807, 2.05) is 0 Å². The number of hydrogen-bond acceptors (Lipinski definition) is 1. The van der Waals surface area contributed by atoms with Crippen LogP contribution >= 0.6 is 11.6 Å². The molecule has 1 N–H and O–H groups in total. The first kappa shape index (κ1) is 13.5. The number of benzene rings is 1. The van der Waals surface area contributed by atoms with Gasteiger partial charge in [0.2, 0.25) is 0 Å². The predicted molar refractivity (Wildman–Crippen MR) is 65.1 cm³/mol. The summed E-state index contributed by atoms with van der Waals surface area (Å²) in [5, 5.41) is 9.95. The molecule has 1 rings (SSSR count). The fraction of sp³-hybridized carbons (Fsp3) is 0.538. The largest absolute Gasteiger partial charge is 0.388 e. The molecule has 1 atom stereocenters. The van der Waals surface area contributed by atoms with Crippen LogP contribution in [0.25, 0.3) is 0 Å². The van der Waals surface area contributed by atoms with Crippen molar-refractivity contribution in [3.8, 4) is 0 Å². The average Bonchev–Trinajstić information content (AvgIpc) is 2.17. The maximum Gasteiger partial charge on any atom is 0.147 e. The normalized spacial score (nSPS) is 13.9. The van der Waals surface area contributed by atoms with Crippen LogP contribution in [0.15, 0.2) is 18.2 Å².